The van der Waals surface area contributed by atoms with Crippen LogP contribution < -0.4 is 0 Å². The summed E-state index contributed by atoms with van der Waals surface area (Å²) in [5, 5.41) is 20.8. The van der Waals surface area contributed by atoms with Gasteiger partial charge < -0.3 is 15.1 Å². The number of ketones is 1. The van der Waals surface area contributed by atoms with Gasteiger partial charge in [-0.25, -0.2) is 0 Å². The molecule has 2 aliphatic rings. The largest absolute Gasteiger partial charge is 0.508 e. The third-order valence-corrected chi connectivity index (χ3v) is 6.19. The summed E-state index contributed by atoms with van der Waals surface area (Å²) in [6, 6.07) is 11.3. The summed E-state index contributed by atoms with van der Waals surface area (Å²) >= 11 is 0. The summed E-state index contributed by atoms with van der Waals surface area (Å²) in [5.41, 5.74) is 3.44. The van der Waals surface area contributed by atoms with Gasteiger partial charge in [-0.05, 0) is 61.6 Å². The molecule has 1 aliphatic heterocycles. The molecule has 2 fully saturated rings. The van der Waals surface area contributed by atoms with Crippen LogP contribution in [0.4, 0.5) is 0 Å². The second-order valence-electron chi connectivity index (χ2n) is 8.04. The molecule has 1 amide bonds. The third kappa shape index (κ3) is 3.31. The number of carbonyl (C=O) groups excluding carboxylic acids is 2. The molecule has 1 aliphatic carbocycles. The van der Waals surface area contributed by atoms with Crippen molar-refractivity contribution in [3.63, 3.8) is 0 Å². The number of rotatable bonds is 3. The van der Waals surface area contributed by atoms with Gasteiger partial charge in [0.15, 0.2) is 0 Å². The Morgan fingerprint density at radius 2 is 1.62 bits per heavy atom. The highest BCUT2D eigenvalue weighted by Gasteiger charge is 2.49. The maximum atomic E-state index is 13.0. The van der Waals surface area contributed by atoms with E-state index in [1.54, 1.807) is 35.2 Å². The molecule has 5 heteroatoms. The Hall–Kier alpha value is -3.08. The number of amides is 1. The number of hydrogen-bond donors (Lipinski definition) is 2. The van der Waals surface area contributed by atoms with E-state index in [4.69, 9.17) is 0 Å². The average molecular weight is 391 g/mol. The zero-order valence-electron chi connectivity index (χ0n) is 16.7. The molecular formula is C24H25NO4. The summed E-state index contributed by atoms with van der Waals surface area (Å²) in [5.74, 6) is -1.24. The molecule has 2 aromatic carbocycles. The Morgan fingerprint density at radius 3 is 2.24 bits per heavy atom. The number of phenols is 1. The number of nitrogens with zero attached hydrogens (tertiary/aromatic N) is 1. The van der Waals surface area contributed by atoms with Gasteiger partial charge in [0.2, 0.25) is 0 Å². The first kappa shape index (κ1) is 19.2. The number of aliphatic hydroxyl groups is 1. The summed E-state index contributed by atoms with van der Waals surface area (Å²) in [6.07, 6.45) is 3.75. The van der Waals surface area contributed by atoms with Crippen LogP contribution in [-0.4, -0.2) is 32.8 Å². The Kier molecular flexibility index (Phi) is 4.91. The van der Waals surface area contributed by atoms with Crippen LogP contribution in [0, 0.1) is 13.8 Å². The Labute approximate surface area is 170 Å². The minimum absolute atomic E-state index is 0.0182. The fourth-order valence-electron chi connectivity index (χ4n) is 4.44. The van der Waals surface area contributed by atoms with Crippen LogP contribution in [-0.2, 0) is 9.59 Å². The fourth-order valence-corrected chi connectivity index (χ4v) is 4.44. The highest BCUT2D eigenvalue weighted by molar-refractivity contribution is 6.46. The smallest absolute Gasteiger partial charge is 0.295 e. The third-order valence-electron chi connectivity index (χ3n) is 6.19. The minimum Gasteiger partial charge on any atom is -0.508 e. The molecule has 4 rings (SSSR count). The van der Waals surface area contributed by atoms with Gasteiger partial charge in [-0.1, -0.05) is 37.1 Å². The zero-order chi connectivity index (χ0) is 20.7. The lowest BCUT2D eigenvalue weighted by atomic mass is 9.93. The van der Waals surface area contributed by atoms with Crippen molar-refractivity contribution in [3.8, 4) is 5.75 Å². The van der Waals surface area contributed by atoms with Gasteiger partial charge in [0.25, 0.3) is 11.7 Å². The van der Waals surface area contributed by atoms with Crippen LogP contribution >= 0.6 is 0 Å². The first-order chi connectivity index (χ1) is 13.9. The fraction of sp³-hybridized carbons (Fsp3) is 0.333. The standard InChI is InChI=1S/C24H25NO4/c1-14-7-8-17(13-15(14)2)22(27)20-21(16-9-11-19(26)12-10-16)25(24(29)23(20)28)18-5-3-4-6-18/h7-13,18,21,26-27H,3-6H2,1-2H3/b22-20-. The lowest BCUT2D eigenvalue weighted by Crippen LogP contribution is -2.37. The second kappa shape index (κ2) is 7.39. The SMILES string of the molecule is Cc1ccc(/C(O)=C2/C(=O)C(=O)N(C3CCCC3)C2c2ccc(O)cc2)cc1C. The van der Waals surface area contributed by atoms with E-state index in [9.17, 15) is 19.8 Å². The van der Waals surface area contributed by atoms with Crippen molar-refractivity contribution in [2.75, 3.05) is 0 Å². The number of phenolic OH excluding ortho intramolecular Hbond substituents is 1. The van der Waals surface area contributed by atoms with Crippen LogP contribution in [0.15, 0.2) is 48.0 Å². The van der Waals surface area contributed by atoms with Gasteiger partial charge in [-0.15, -0.1) is 0 Å². The first-order valence-corrected chi connectivity index (χ1v) is 10.0. The van der Waals surface area contributed by atoms with Gasteiger partial charge in [-0.2, -0.15) is 0 Å². The predicted molar refractivity (Wildman–Crippen MR) is 110 cm³/mol. The van der Waals surface area contributed by atoms with E-state index >= 15 is 0 Å². The Balaban J connectivity index is 1.89. The van der Waals surface area contributed by atoms with Gasteiger partial charge in [-0.3, -0.25) is 9.59 Å². The summed E-state index contributed by atoms with van der Waals surface area (Å²) in [7, 11) is 0. The molecule has 5 nitrogen and oxygen atoms in total. The lowest BCUT2D eigenvalue weighted by Gasteiger charge is -2.30. The number of likely N-dealkylation sites (tertiary alicyclic amines) is 1. The van der Waals surface area contributed by atoms with Crippen molar-refractivity contribution in [2.45, 2.75) is 51.6 Å². The number of benzene rings is 2. The molecule has 29 heavy (non-hydrogen) atoms. The monoisotopic (exact) mass is 391 g/mol. The summed E-state index contributed by atoms with van der Waals surface area (Å²) < 4.78 is 0. The molecule has 1 unspecified atom stereocenters. The topological polar surface area (TPSA) is 77.8 Å². The molecular weight excluding hydrogens is 366 g/mol. The number of aryl methyl sites for hydroxylation is 2. The second-order valence-corrected chi connectivity index (χ2v) is 8.04. The van der Waals surface area contributed by atoms with E-state index in [1.807, 2.05) is 26.0 Å². The molecule has 0 bridgehead atoms. The molecule has 0 spiro atoms. The maximum absolute atomic E-state index is 13.0. The van der Waals surface area contributed by atoms with E-state index in [0.717, 1.165) is 36.8 Å². The number of aliphatic hydroxyl groups excluding tert-OH is 1. The molecule has 150 valence electrons. The van der Waals surface area contributed by atoms with Crippen molar-refractivity contribution in [3.05, 3.63) is 70.3 Å². The van der Waals surface area contributed by atoms with Crippen LogP contribution in [0.3, 0.4) is 0 Å². The van der Waals surface area contributed by atoms with E-state index in [1.165, 1.54) is 0 Å². The summed E-state index contributed by atoms with van der Waals surface area (Å²) in [4.78, 5) is 27.7. The molecule has 2 aromatic rings. The van der Waals surface area contributed by atoms with Crippen LogP contribution in [0.2, 0.25) is 0 Å². The molecule has 2 N–H and O–H groups in total. The highest BCUT2D eigenvalue weighted by atomic mass is 16.3. The number of Topliss-reactive ketones (excluding diaryl/α,β-unsaturated/α-hetero) is 1. The molecule has 1 heterocycles. The minimum atomic E-state index is -0.652. The van der Waals surface area contributed by atoms with Crippen molar-refractivity contribution in [1.29, 1.82) is 0 Å². The van der Waals surface area contributed by atoms with Gasteiger partial charge in [0.05, 0.1) is 11.6 Å². The number of carbonyl (C=O) groups is 2. The lowest BCUT2D eigenvalue weighted by molar-refractivity contribution is -0.141. The summed E-state index contributed by atoms with van der Waals surface area (Å²) in [6.45, 7) is 3.93. The molecule has 1 atom stereocenters. The molecule has 0 radical (unpaired) electrons. The van der Waals surface area contributed by atoms with Gasteiger partial charge in [0, 0.05) is 11.6 Å². The average Bonchev–Trinajstić information content (AvgIpc) is 3.31. The van der Waals surface area contributed by atoms with Crippen LogP contribution in [0.25, 0.3) is 5.76 Å². The van der Waals surface area contributed by atoms with Crippen molar-refractivity contribution < 1.29 is 19.8 Å². The van der Waals surface area contributed by atoms with Crippen molar-refractivity contribution in [2.24, 2.45) is 0 Å². The first-order valence-electron chi connectivity index (χ1n) is 10.0. The molecule has 1 saturated carbocycles. The molecule has 1 saturated heterocycles. The number of hydrogen-bond acceptors (Lipinski definition) is 4. The normalized spacial score (nSPS) is 21.9. The highest BCUT2D eigenvalue weighted by Crippen LogP contribution is 2.43. The Bertz CT molecular complexity index is 1000. The van der Waals surface area contributed by atoms with E-state index in [0.29, 0.717) is 11.1 Å². The van der Waals surface area contributed by atoms with Gasteiger partial charge >= 0.3 is 0 Å². The van der Waals surface area contributed by atoms with Crippen molar-refractivity contribution in [1.82, 2.24) is 4.90 Å². The van der Waals surface area contributed by atoms with Crippen LogP contribution in [0.5, 0.6) is 5.75 Å². The zero-order valence-corrected chi connectivity index (χ0v) is 16.7. The quantitative estimate of drug-likeness (QED) is 0.463. The van der Waals surface area contributed by atoms with Gasteiger partial charge in [0.1, 0.15) is 11.5 Å². The Morgan fingerprint density at radius 1 is 0.966 bits per heavy atom. The van der Waals surface area contributed by atoms with E-state index < -0.39 is 17.7 Å². The van der Waals surface area contributed by atoms with Crippen LogP contribution in [0.1, 0.15) is 54.0 Å². The maximum Gasteiger partial charge on any atom is 0.295 e. The van der Waals surface area contributed by atoms with E-state index in [-0.39, 0.29) is 23.1 Å². The number of aromatic hydroxyl groups is 1. The van der Waals surface area contributed by atoms with Crippen molar-refractivity contribution >= 4 is 17.4 Å². The molecule has 0 aromatic heterocycles. The predicted octanol–water partition coefficient (Wildman–Crippen LogP) is 4.37. The van der Waals surface area contributed by atoms with E-state index in [2.05, 4.69) is 0 Å².